The van der Waals surface area contributed by atoms with Crippen LogP contribution in [0.2, 0.25) is 0 Å². The van der Waals surface area contributed by atoms with Crippen LogP contribution in [0.4, 0.5) is 0 Å². The summed E-state index contributed by atoms with van der Waals surface area (Å²) in [6.07, 6.45) is 3.05. The fourth-order valence-electron chi connectivity index (χ4n) is 2.49. The van der Waals surface area contributed by atoms with E-state index in [4.69, 9.17) is 0 Å². The van der Waals surface area contributed by atoms with Crippen LogP contribution in [0.3, 0.4) is 0 Å². The highest BCUT2D eigenvalue weighted by Crippen LogP contribution is 2.26. The molecule has 1 aromatic rings. The predicted molar refractivity (Wildman–Crippen MR) is 77.9 cm³/mol. The summed E-state index contributed by atoms with van der Waals surface area (Å²) < 4.78 is 0. The van der Waals surface area contributed by atoms with E-state index in [0.717, 1.165) is 5.56 Å². The molecule has 1 aromatic carbocycles. The Morgan fingerprint density at radius 3 is 2.60 bits per heavy atom. The monoisotopic (exact) mass is 272 g/mol. The zero-order valence-corrected chi connectivity index (χ0v) is 11.7. The van der Waals surface area contributed by atoms with Gasteiger partial charge in [0.2, 0.25) is 11.8 Å². The Bertz CT molecular complexity index is 498. The molecule has 0 radical (unpaired) electrons. The van der Waals surface area contributed by atoms with Crippen LogP contribution in [0.25, 0.3) is 0 Å². The third kappa shape index (κ3) is 2.74. The van der Waals surface area contributed by atoms with Crippen LogP contribution in [-0.2, 0) is 9.59 Å². The van der Waals surface area contributed by atoms with Crippen molar-refractivity contribution in [3.63, 3.8) is 0 Å². The molecule has 0 spiro atoms. The lowest BCUT2D eigenvalue weighted by molar-refractivity contribution is -0.149. The first-order valence-electron chi connectivity index (χ1n) is 6.95. The average Bonchev–Trinajstić information content (AvgIpc) is 2.48. The maximum atomic E-state index is 12.5. The Hall–Kier alpha value is -2.10. The molecule has 2 atom stereocenters. The summed E-state index contributed by atoms with van der Waals surface area (Å²) in [6.45, 7) is 6.11. The van der Waals surface area contributed by atoms with Crippen molar-refractivity contribution in [3.05, 3.63) is 48.6 Å². The Morgan fingerprint density at radius 2 is 2.00 bits per heavy atom. The van der Waals surface area contributed by atoms with Gasteiger partial charge in [0.05, 0.1) is 0 Å². The van der Waals surface area contributed by atoms with Gasteiger partial charge in [-0.05, 0) is 18.4 Å². The van der Waals surface area contributed by atoms with Gasteiger partial charge in [0.25, 0.3) is 0 Å². The predicted octanol–water partition coefficient (Wildman–Crippen LogP) is 2.04. The molecular formula is C16H20N2O2. The summed E-state index contributed by atoms with van der Waals surface area (Å²) in [5.41, 5.74) is 0.844. The smallest absolute Gasteiger partial charge is 0.248 e. The summed E-state index contributed by atoms with van der Waals surface area (Å²) in [4.78, 5) is 26.5. The fraction of sp³-hybridized carbons (Fsp3) is 0.375. The molecule has 20 heavy (non-hydrogen) atoms. The van der Waals surface area contributed by atoms with Crippen molar-refractivity contribution in [1.82, 2.24) is 10.2 Å². The van der Waals surface area contributed by atoms with Crippen molar-refractivity contribution in [2.45, 2.75) is 31.8 Å². The van der Waals surface area contributed by atoms with Crippen molar-refractivity contribution in [2.24, 2.45) is 0 Å². The first-order chi connectivity index (χ1) is 9.69. The minimum absolute atomic E-state index is 0.0113. The highest BCUT2D eigenvalue weighted by Gasteiger charge is 2.39. The van der Waals surface area contributed by atoms with Gasteiger partial charge in [0, 0.05) is 6.54 Å². The van der Waals surface area contributed by atoms with Crippen molar-refractivity contribution in [2.75, 3.05) is 6.54 Å². The van der Waals surface area contributed by atoms with Crippen LogP contribution in [-0.4, -0.2) is 29.3 Å². The number of nitrogens with one attached hydrogen (secondary N) is 1. The zero-order valence-electron chi connectivity index (χ0n) is 11.7. The van der Waals surface area contributed by atoms with E-state index in [1.54, 1.807) is 11.0 Å². The maximum absolute atomic E-state index is 12.5. The van der Waals surface area contributed by atoms with Crippen LogP contribution in [0, 0.1) is 0 Å². The third-order valence-corrected chi connectivity index (χ3v) is 3.56. The molecule has 1 saturated heterocycles. The van der Waals surface area contributed by atoms with Gasteiger partial charge in [-0.2, -0.15) is 0 Å². The molecule has 0 bridgehead atoms. The molecule has 0 aliphatic carbocycles. The molecule has 1 aliphatic rings. The van der Waals surface area contributed by atoms with Gasteiger partial charge in [-0.1, -0.05) is 43.3 Å². The molecule has 106 valence electrons. The van der Waals surface area contributed by atoms with Gasteiger partial charge in [-0.3, -0.25) is 9.59 Å². The maximum Gasteiger partial charge on any atom is 0.248 e. The number of benzene rings is 1. The normalized spacial score (nSPS) is 22.6. The van der Waals surface area contributed by atoms with Gasteiger partial charge in [-0.25, -0.2) is 0 Å². The standard InChI is InChI=1S/C16H20N2O2/c1-3-5-11-18-14(12-9-7-6-8-10-12)15(19)17-13(4-2)16(18)20/h3,6-10,13-14H,1,4-5,11H2,2H3,(H,17,19). The van der Waals surface area contributed by atoms with Crippen molar-refractivity contribution >= 4 is 11.8 Å². The second-order valence-electron chi connectivity index (χ2n) is 4.89. The zero-order chi connectivity index (χ0) is 14.5. The number of hydrogen-bond acceptors (Lipinski definition) is 2. The Balaban J connectivity index is 2.33. The number of nitrogens with zero attached hydrogens (tertiary/aromatic N) is 1. The van der Waals surface area contributed by atoms with Crippen LogP contribution in [0.15, 0.2) is 43.0 Å². The lowest BCUT2D eigenvalue weighted by atomic mass is 9.98. The third-order valence-electron chi connectivity index (χ3n) is 3.56. The molecule has 1 N–H and O–H groups in total. The Morgan fingerprint density at radius 1 is 1.30 bits per heavy atom. The molecule has 1 fully saturated rings. The molecule has 4 heteroatoms. The lowest BCUT2D eigenvalue weighted by Crippen LogP contribution is -2.59. The topological polar surface area (TPSA) is 49.4 Å². The molecule has 2 amide bonds. The van der Waals surface area contributed by atoms with E-state index >= 15 is 0 Å². The van der Waals surface area contributed by atoms with Crippen LogP contribution < -0.4 is 5.32 Å². The summed E-state index contributed by atoms with van der Waals surface area (Å²) in [5, 5.41) is 2.81. The second-order valence-corrected chi connectivity index (χ2v) is 4.89. The molecular weight excluding hydrogens is 252 g/mol. The second kappa shape index (κ2) is 6.37. The van der Waals surface area contributed by atoms with Gasteiger partial charge in [-0.15, -0.1) is 6.58 Å². The van der Waals surface area contributed by atoms with Crippen molar-refractivity contribution in [3.8, 4) is 0 Å². The summed E-state index contributed by atoms with van der Waals surface area (Å²) in [6, 6.07) is 8.47. The van der Waals surface area contributed by atoms with E-state index in [1.165, 1.54) is 0 Å². The summed E-state index contributed by atoms with van der Waals surface area (Å²) >= 11 is 0. The number of piperazine rings is 1. The molecule has 0 saturated carbocycles. The average molecular weight is 272 g/mol. The van der Waals surface area contributed by atoms with Crippen molar-refractivity contribution < 1.29 is 9.59 Å². The molecule has 1 heterocycles. The number of amides is 2. The summed E-state index contributed by atoms with van der Waals surface area (Å²) in [5.74, 6) is -0.116. The molecule has 4 nitrogen and oxygen atoms in total. The fourth-order valence-corrected chi connectivity index (χ4v) is 2.49. The van der Waals surface area contributed by atoms with Gasteiger partial charge >= 0.3 is 0 Å². The minimum Gasteiger partial charge on any atom is -0.342 e. The Kier molecular flexibility index (Phi) is 4.56. The Labute approximate surface area is 119 Å². The van der Waals surface area contributed by atoms with E-state index in [0.29, 0.717) is 19.4 Å². The minimum atomic E-state index is -0.536. The van der Waals surface area contributed by atoms with Crippen LogP contribution in [0.1, 0.15) is 31.4 Å². The van der Waals surface area contributed by atoms with E-state index in [9.17, 15) is 9.59 Å². The quantitative estimate of drug-likeness (QED) is 0.834. The van der Waals surface area contributed by atoms with E-state index in [2.05, 4.69) is 11.9 Å². The van der Waals surface area contributed by atoms with E-state index in [1.807, 2.05) is 37.3 Å². The SMILES string of the molecule is C=CCCN1C(=O)C(CC)NC(=O)C1c1ccccc1. The highest BCUT2D eigenvalue weighted by molar-refractivity contribution is 5.97. The number of hydrogen-bond donors (Lipinski definition) is 1. The van der Waals surface area contributed by atoms with E-state index < -0.39 is 12.1 Å². The van der Waals surface area contributed by atoms with Crippen molar-refractivity contribution in [1.29, 1.82) is 0 Å². The van der Waals surface area contributed by atoms with Gasteiger partial charge in [0.1, 0.15) is 12.1 Å². The molecule has 1 aliphatic heterocycles. The molecule has 0 aromatic heterocycles. The largest absolute Gasteiger partial charge is 0.342 e. The highest BCUT2D eigenvalue weighted by atomic mass is 16.2. The van der Waals surface area contributed by atoms with Crippen LogP contribution in [0.5, 0.6) is 0 Å². The van der Waals surface area contributed by atoms with E-state index in [-0.39, 0.29) is 11.8 Å². The molecule has 2 rings (SSSR count). The van der Waals surface area contributed by atoms with Gasteiger partial charge in [0.15, 0.2) is 0 Å². The molecule has 2 unspecified atom stereocenters. The number of carbonyl (C=O) groups is 2. The summed E-state index contributed by atoms with van der Waals surface area (Å²) in [7, 11) is 0. The number of carbonyl (C=O) groups excluding carboxylic acids is 2. The first kappa shape index (κ1) is 14.3. The van der Waals surface area contributed by atoms with Gasteiger partial charge < -0.3 is 10.2 Å². The first-order valence-corrected chi connectivity index (χ1v) is 6.95. The van der Waals surface area contributed by atoms with Crippen LogP contribution >= 0.6 is 0 Å². The lowest BCUT2D eigenvalue weighted by Gasteiger charge is -2.38. The number of rotatable bonds is 5.